The van der Waals surface area contributed by atoms with Crippen LogP contribution in [0.4, 0.5) is 0 Å². The molecule has 0 fully saturated rings. The van der Waals surface area contributed by atoms with Crippen molar-refractivity contribution in [1.29, 1.82) is 0 Å². The molecule has 0 unspecified atom stereocenters. The number of esters is 1. The van der Waals surface area contributed by atoms with Gasteiger partial charge in [-0.15, -0.1) is 0 Å². The van der Waals surface area contributed by atoms with E-state index in [1.165, 1.54) is 19.0 Å². The molecule has 0 aliphatic carbocycles. The molecule has 2 aromatic carbocycles. The molecular weight excluding hydrogens is 396 g/mol. The van der Waals surface area contributed by atoms with E-state index in [0.29, 0.717) is 5.69 Å². The van der Waals surface area contributed by atoms with E-state index in [2.05, 4.69) is 10.4 Å². The van der Waals surface area contributed by atoms with Gasteiger partial charge >= 0.3 is 5.97 Å². The van der Waals surface area contributed by atoms with Crippen LogP contribution in [-0.4, -0.2) is 59.7 Å². The molecule has 0 radical (unpaired) electrons. The van der Waals surface area contributed by atoms with Crippen molar-refractivity contribution >= 4 is 17.8 Å². The van der Waals surface area contributed by atoms with Crippen molar-refractivity contribution in [3.63, 3.8) is 0 Å². The van der Waals surface area contributed by atoms with Crippen LogP contribution in [0.15, 0.2) is 60.8 Å². The lowest BCUT2D eigenvalue weighted by Crippen LogP contribution is -2.39. The van der Waals surface area contributed by atoms with Gasteiger partial charge < -0.3 is 15.0 Å². The summed E-state index contributed by atoms with van der Waals surface area (Å²) in [6.07, 6.45) is 1.59. The highest BCUT2D eigenvalue weighted by atomic mass is 16.5. The molecule has 0 bridgehead atoms. The van der Waals surface area contributed by atoms with Gasteiger partial charge in [-0.2, -0.15) is 5.10 Å². The fraction of sp³-hybridized carbons (Fsp3) is 0.217. The second kappa shape index (κ2) is 9.71. The molecule has 0 saturated carbocycles. The number of carbonyl (C=O) groups is 3. The van der Waals surface area contributed by atoms with E-state index in [-0.39, 0.29) is 18.0 Å². The van der Waals surface area contributed by atoms with E-state index in [1.54, 1.807) is 10.9 Å². The molecule has 0 aliphatic heterocycles. The molecule has 2 amide bonds. The largest absolute Gasteiger partial charge is 0.452 e. The van der Waals surface area contributed by atoms with E-state index in [9.17, 15) is 14.4 Å². The maximum Gasteiger partial charge on any atom is 0.342 e. The first-order chi connectivity index (χ1) is 14.9. The minimum atomic E-state index is -0.666. The number of para-hydroxylation sites is 1. The normalized spacial score (nSPS) is 10.4. The Bertz CT molecular complexity index is 1090. The Balaban J connectivity index is 1.85. The van der Waals surface area contributed by atoms with Crippen molar-refractivity contribution < 1.29 is 19.1 Å². The number of ether oxygens (including phenoxy) is 1. The number of carbonyl (C=O) groups excluding carboxylic acids is 3. The monoisotopic (exact) mass is 420 g/mol. The molecule has 0 aliphatic rings. The van der Waals surface area contributed by atoms with Crippen molar-refractivity contribution in [2.24, 2.45) is 0 Å². The zero-order valence-corrected chi connectivity index (χ0v) is 17.7. The summed E-state index contributed by atoms with van der Waals surface area (Å²) in [4.78, 5) is 37.7. The van der Waals surface area contributed by atoms with E-state index in [0.717, 1.165) is 16.8 Å². The maximum atomic E-state index is 12.8. The highest BCUT2D eigenvalue weighted by Crippen LogP contribution is 2.25. The summed E-state index contributed by atoms with van der Waals surface area (Å²) >= 11 is 0. The molecule has 31 heavy (non-hydrogen) atoms. The number of hydrogen-bond donors (Lipinski definition) is 1. The van der Waals surface area contributed by atoms with E-state index in [4.69, 9.17) is 4.74 Å². The van der Waals surface area contributed by atoms with Crippen LogP contribution in [0.25, 0.3) is 16.9 Å². The highest BCUT2D eigenvalue weighted by Gasteiger charge is 2.22. The van der Waals surface area contributed by atoms with Gasteiger partial charge in [0.25, 0.3) is 5.91 Å². The molecule has 160 valence electrons. The van der Waals surface area contributed by atoms with Crippen molar-refractivity contribution in [3.05, 3.63) is 71.9 Å². The fourth-order valence-electron chi connectivity index (χ4n) is 2.94. The molecule has 0 spiro atoms. The van der Waals surface area contributed by atoms with Gasteiger partial charge in [0.2, 0.25) is 5.91 Å². The zero-order chi connectivity index (χ0) is 22.4. The van der Waals surface area contributed by atoms with E-state index in [1.807, 2.05) is 61.5 Å². The molecule has 3 aromatic rings. The third-order valence-corrected chi connectivity index (χ3v) is 4.66. The predicted molar refractivity (Wildman–Crippen MR) is 116 cm³/mol. The molecule has 0 atom stereocenters. The average molecular weight is 420 g/mol. The van der Waals surface area contributed by atoms with Gasteiger partial charge in [0.15, 0.2) is 6.61 Å². The van der Waals surface area contributed by atoms with Gasteiger partial charge in [-0.05, 0) is 25.1 Å². The topological polar surface area (TPSA) is 93.5 Å². The van der Waals surface area contributed by atoms with Gasteiger partial charge in [0.05, 0.1) is 12.2 Å². The summed E-state index contributed by atoms with van der Waals surface area (Å²) in [6, 6.07) is 17.0. The summed E-state index contributed by atoms with van der Waals surface area (Å²) in [5.74, 6) is -1.46. The van der Waals surface area contributed by atoms with Gasteiger partial charge in [-0.25, -0.2) is 9.48 Å². The minimum absolute atomic E-state index is 0.118. The Kier molecular flexibility index (Phi) is 6.81. The van der Waals surface area contributed by atoms with E-state index >= 15 is 0 Å². The zero-order valence-electron chi connectivity index (χ0n) is 17.7. The van der Waals surface area contributed by atoms with Crippen molar-refractivity contribution in [2.75, 3.05) is 27.2 Å². The van der Waals surface area contributed by atoms with Crippen LogP contribution in [0.2, 0.25) is 0 Å². The van der Waals surface area contributed by atoms with Crippen LogP contribution < -0.4 is 5.32 Å². The van der Waals surface area contributed by atoms with Crippen molar-refractivity contribution in [2.45, 2.75) is 6.92 Å². The summed E-state index contributed by atoms with van der Waals surface area (Å²) in [5, 5.41) is 7.03. The molecular formula is C23H24N4O4. The van der Waals surface area contributed by atoms with Crippen molar-refractivity contribution in [1.82, 2.24) is 20.0 Å². The second-order valence-electron chi connectivity index (χ2n) is 7.04. The lowest BCUT2D eigenvalue weighted by molar-refractivity contribution is -0.137. The molecule has 1 N–H and O–H groups in total. The van der Waals surface area contributed by atoms with Crippen LogP contribution in [0.3, 0.4) is 0 Å². The minimum Gasteiger partial charge on any atom is -0.452 e. The second-order valence-corrected chi connectivity index (χ2v) is 7.04. The predicted octanol–water partition coefficient (Wildman–Crippen LogP) is 2.21. The number of aromatic nitrogens is 2. The third kappa shape index (κ3) is 5.36. The Morgan fingerprint density at radius 2 is 1.84 bits per heavy atom. The molecule has 8 heteroatoms. The lowest BCUT2D eigenvalue weighted by atomic mass is 10.1. The Morgan fingerprint density at radius 3 is 2.52 bits per heavy atom. The summed E-state index contributed by atoms with van der Waals surface area (Å²) in [7, 11) is 2.95. The number of nitrogens with zero attached hydrogens (tertiary/aromatic N) is 3. The first kappa shape index (κ1) is 21.8. The Labute approximate surface area is 180 Å². The Morgan fingerprint density at radius 1 is 1.10 bits per heavy atom. The van der Waals surface area contributed by atoms with Crippen LogP contribution >= 0.6 is 0 Å². The third-order valence-electron chi connectivity index (χ3n) is 4.66. The summed E-state index contributed by atoms with van der Waals surface area (Å²) in [6.45, 7) is 1.36. The first-order valence-corrected chi connectivity index (χ1v) is 9.73. The molecule has 1 aromatic heterocycles. The van der Waals surface area contributed by atoms with Crippen LogP contribution in [-0.2, 0) is 14.3 Å². The molecule has 1 heterocycles. The summed E-state index contributed by atoms with van der Waals surface area (Å²) < 4.78 is 6.86. The SMILES string of the molecule is CNC(=O)CN(C)C(=O)COC(=O)c1cn(-c2ccccc2)nc1-c1cccc(C)c1. The number of amides is 2. The van der Waals surface area contributed by atoms with Gasteiger partial charge in [-0.3, -0.25) is 9.59 Å². The first-order valence-electron chi connectivity index (χ1n) is 9.73. The fourth-order valence-corrected chi connectivity index (χ4v) is 2.94. The molecule has 8 nitrogen and oxygen atoms in total. The van der Waals surface area contributed by atoms with Gasteiger partial charge in [0, 0.05) is 25.9 Å². The quantitative estimate of drug-likeness (QED) is 0.592. The number of benzene rings is 2. The van der Waals surface area contributed by atoms with Crippen LogP contribution in [0.1, 0.15) is 15.9 Å². The average Bonchev–Trinajstić information content (AvgIpc) is 3.23. The van der Waals surface area contributed by atoms with E-state index < -0.39 is 18.5 Å². The number of hydrogen-bond acceptors (Lipinski definition) is 5. The molecule has 0 saturated heterocycles. The van der Waals surface area contributed by atoms with Crippen LogP contribution in [0.5, 0.6) is 0 Å². The van der Waals surface area contributed by atoms with Crippen LogP contribution in [0, 0.1) is 6.92 Å². The number of likely N-dealkylation sites (N-methyl/N-ethyl adjacent to an activating group) is 2. The van der Waals surface area contributed by atoms with Gasteiger partial charge in [0.1, 0.15) is 11.3 Å². The standard InChI is InChI=1S/C23H24N4O4/c1-16-8-7-9-17(12-16)22-19(13-27(25-22)18-10-5-4-6-11-18)23(30)31-15-21(29)26(3)14-20(28)24-2/h4-13H,14-15H2,1-3H3,(H,24,28). The maximum absolute atomic E-state index is 12.8. The number of aryl methyl sites for hydroxylation is 1. The molecule has 3 rings (SSSR count). The summed E-state index contributed by atoms with van der Waals surface area (Å²) in [5.41, 5.74) is 3.29. The highest BCUT2D eigenvalue weighted by molar-refractivity contribution is 5.97. The number of rotatable bonds is 7. The van der Waals surface area contributed by atoms with Gasteiger partial charge in [-0.1, -0.05) is 42.0 Å². The lowest BCUT2D eigenvalue weighted by Gasteiger charge is -2.15. The number of nitrogens with one attached hydrogen (secondary N) is 1. The Hall–Kier alpha value is -3.94. The van der Waals surface area contributed by atoms with Crippen molar-refractivity contribution in [3.8, 4) is 16.9 Å². The smallest absolute Gasteiger partial charge is 0.342 e.